The van der Waals surface area contributed by atoms with E-state index in [1.807, 2.05) is 0 Å². The fraction of sp³-hybridized carbons (Fsp3) is 0.636. The Morgan fingerprint density at radius 3 is 2.33 bits per heavy atom. The van der Waals surface area contributed by atoms with E-state index in [0.29, 0.717) is 11.7 Å². The van der Waals surface area contributed by atoms with Gasteiger partial charge >= 0.3 is 0 Å². The van der Waals surface area contributed by atoms with Crippen LogP contribution in [0.1, 0.15) is 46.1 Å². The van der Waals surface area contributed by atoms with Crippen molar-refractivity contribution in [2.75, 3.05) is 5.73 Å². The molecule has 0 bridgehead atoms. The highest BCUT2D eigenvalue weighted by Crippen LogP contribution is 2.36. The number of rotatable bonds is 2. The highest BCUT2D eigenvalue weighted by atomic mass is 32.2. The Labute approximate surface area is 95.9 Å². The first-order valence-electron chi connectivity index (χ1n) is 5.10. The molecular weight excluding hydrogens is 206 g/mol. The molecule has 0 unspecified atom stereocenters. The molecule has 4 heteroatoms. The minimum atomic E-state index is 0.143. The molecule has 0 aliphatic carbocycles. The fourth-order valence-corrected chi connectivity index (χ4v) is 2.44. The van der Waals surface area contributed by atoms with E-state index >= 15 is 0 Å². The predicted octanol–water partition coefficient (Wildman–Crippen LogP) is 3.07. The Balaban J connectivity index is 3.12. The number of hydrogen-bond donors (Lipinski definition) is 1. The first-order chi connectivity index (χ1) is 6.81. The highest BCUT2D eigenvalue weighted by Gasteiger charge is 2.19. The zero-order valence-corrected chi connectivity index (χ0v) is 10.9. The van der Waals surface area contributed by atoms with Crippen molar-refractivity contribution in [3.8, 4) is 0 Å². The second-order valence-corrected chi connectivity index (χ2v) is 6.66. The van der Waals surface area contributed by atoms with Gasteiger partial charge in [-0.05, 0) is 5.92 Å². The summed E-state index contributed by atoms with van der Waals surface area (Å²) in [4.78, 5) is 8.36. The van der Waals surface area contributed by atoms with Crippen molar-refractivity contribution in [2.45, 2.75) is 50.3 Å². The summed E-state index contributed by atoms with van der Waals surface area (Å²) in [6, 6.07) is 0. The lowest BCUT2D eigenvalue weighted by atomic mass is 10.1. The number of nitrogen functional groups attached to an aromatic ring is 1. The number of hydrogen-bond acceptors (Lipinski definition) is 4. The zero-order chi connectivity index (χ0) is 11.6. The monoisotopic (exact) mass is 225 g/mol. The summed E-state index contributed by atoms with van der Waals surface area (Å²) in [5.41, 5.74) is 6.94. The standard InChI is InChI=1S/C11H19N3S/c1-7(2)8-9(12)13-6-14-10(8)15-11(3,4)5/h6-7H,1-5H3,(H2,12,13,14). The van der Waals surface area contributed by atoms with Gasteiger partial charge in [-0.25, -0.2) is 9.97 Å². The smallest absolute Gasteiger partial charge is 0.131 e. The molecule has 1 aromatic heterocycles. The SMILES string of the molecule is CC(C)c1c(N)ncnc1SC(C)(C)C. The quantitative estimate of drug-likeness (QED) is 0.621. The molecule has 0 aromatic carbocycles. The number of nitrogens with two attached hydrogens (primary N) is 1. The summed E-state index contributed by atoms with van der Waals surface area (Å²) in [5, 5.41) is 1.00. The van der Waals surface area contributed by atoms with Gasteiger partial charge in [0, 0.05) is 10.3 Å². The molecule has 1 heterocycles. The van der Waals surface area contributed by atoms with Crippen LogP contribution >= 0.6 is 11.8 Å². The van der Waals surface area contributed by atoms with Gasteiger partial charge in [0.15, 0.2) is 0 Å². The van der Waals surface area contributed by atoms with Crippen molar-refractivity contribution in [3.63, 3.8) is 0 Å². The molecule has 0 saturated heterocycles. The van der Waals surface area contributed by atoms with Crippen LogP contribution in [0.4, 0.5) is 5.82 Å². The molecule has 84 valence electrons. The Morgan fingerprint density at radius 2 is 1.87 bits per heavy atom. The van der Waals surface area contributed by atoms with E-state index in [1.165, 1.54) is 6.33 Å². The molecule has 0 spiro atoms. The van der Waals surface area contributed by atoms with Crippen LogP contribution in [0.15, 0.2) is 11.4 Å². The molecule has 0 amide bonds. The molecule has 15 heavy (non-hydrogen) atoms. The lowest BCUT2D eigenvalue weighted by Crippen LogP contribution is -2.11. The van der Waals surface area contributed by atoms with E-state index in [9.17, 15) is 0 Å². The summed E-state index contributed by atoms with van der Waals surface area (Å²) in [6.07, 6.45) is 1.54. The van der Waals surface area contributed by atoms with Crippen molar-refractivity contribution in [1.82, 2.24) is 9.97 Å². The number of nitrogens with zero attached hydrogens (tertiary/aromatic N) is 2. The van der Waals surface area contributed by atoms with Gasteiger partial charge in [-0.3, -0.25) is 0 Å². The molecule has 2 N–H and O–H groups in total. The summed E-state index contributed by atoms with van der Waals surface area (Å²) < 4.78 is 0.143. The fourth-order valence-electron chi connectivity index (χ4n) is 1.31. The van der Waals surface area contributed by atoms with E-state index in [2.05, 4.69) is 44.6 Å². The van der Waals surface area contributed by atoms with Crippen LogP contribution in [0.25, 0.3) is 0 Å². The van der Waals surface area contributed by atoms with E-state index in [-0.39, 0.29) is 4.75 Å². The second-order valence-electron chi connectivity index (χ2n) is 4.85. The maximum absolute atomic E-state index is 5.88. The summed E-state index contributed by atoms with van der Waals surface area (Å²) in [7, 11) is 0. The molecule has 0 aliphatic heterocycles. The van der Waals surface area contributed by atoms with Crippen LogP contribution in [-0.2, 0) is 0 Å². The predicted molar refractivity (Wildman–Crippen MR) is 66.1 cm³/mol. The van der Waals surface area contributed by atoms with Gasteiger partial charge < -0.3 is 5.73 Å². The Bertz CT molecular complexity index is 342. The van der Waals surface area contributed by atoms with Gasteiger partial charge in [0.25, 0.3) is 0 Å². The highest BCUT2D eigenvalue weighted by molar-refractivity contribution is 8.00. The van der Waals surface area contributed by atoms with Crippen molar-refractivity contribution >= 4 is 17.6 Å². The summed E-state index contributed by atoms with van der Waals surface area (Å²) in [5.74, 6) is 0.961. The van der Waals surface area contributed by atoms with Gasteiger partial charge in [0.05, 0.1) is 0 Å². The Morgan fingerprint density at radius 1 is 1.27 bits per heavy atom. The third-order valence-corrected chi connectivity index (χ3v) is 2.99. The van der Waals surface area contributed by atoms with Gasteiger partial charge in [-0.2, -0.15) is 0 Å². The minimum absolute atomic E-state index is 0.143. The summed E-state index contributed by atoms with van der Waals surface area (Å²) in [6.45, 7) is 10.7. The third-order valence-electron chi connectivity index (χ3n) is 1.86. The molecule has 0 saturated carbocycles. The molecule has 0 atom stereocenters. The molecule has 1 rings (SSSR count). The third kappa shape index (κ3) is 3.38. The van der Waals surface area contributed by atoms with E-state index in [1.54, 1.807) is 11.8 Å². The molecule has 0 fully saturated rings. The van der Waals surface area contributed by atoms with Crippen LogP contribution in [0.3, 0.4) is 0 Å². The van der Waals surface area contributed by atoms with E-state index in [0.717, 1.165) is 10.6 Å². The van der Waals surface area contributed by atoms with Gasteiger partial charge in [-0.1, -0.05) is 34.6 Å². The van der Waals surface area contributed by atoms with Crippen molar-refractivity contribution in [2.24, 2.45) is 0 Å². The first kappa shape index (κ1) is 12.3. The average Bonchev–Trinajstić information content (AvgIpc) is 1.99. The molecule has 0 aliphatic rings. The van der Waals surface area contributed by atoms with E-state index < -0.39 is 0 Å². The summed E-state index contributed by atoms with van der Waals surface area (Å²) >= 11 is 1.74. The van der Waals surface area contributed by atoms with Crippen LogP contribution in [0.2, 0.25) is 0 Å². The minimum Gasteiger partial charge on any atom is -0.383 e. The lowest BCUT2D eigenvalue weighted by Gasteiger charge is -2.20. The van der Waals surface area contributed by atoms with Crippen molar-refractivity contribution in [3.05, 3.63) is 11.9 Å². The number of aromatic nitrogens is 2. The lowest BCUT2D eigenvalue weighted by molar-refractivity contribution is 0.777. The van der Waals surface area contributed by atoms with Gasteiger partial charge in [0.2, 0.25) is 0 Å². The topological polar surface area (TPSA) is 51.8 Å². The largest absolute Gasteiger partial charge is 0.383 e. The maximum Gasteiger partial charge on any atom is 0.131 e. The van der Waals surface area contributed by atoms with E-state index in [4.69, 9.17) is 5.73 Å². The average molecular weight is 225 g/mol. The number of anilines is 1. The Kier molecular flexibility index (Phi) is 3.60. The zero-order valence-electron chi connectivity index (χ0n) is 10.0. The van der Waals surface area contributed by atoms with Crippen LogP contribution in [-0.4, -0.2) is 14.7 Å². The van der Waals surface area contributed by atoms with Crippen LogP contribution < -0.4 is 5.73 Å². The maximum atomic E-state index is 5.88. The first-order valence-corrected chi connectivity index (χ1v) is 5.92. The van der Waals surface area contributed by atoms with Gasteiger partial charge in [0.1, 0.15) is 17.2 Å². The Hall–Kier alpha value is -0.770. The van der Waals surface area contributed by atoms with Crippen molar-refractivity contribution < 1.29 is 0 Å². The molecule has 0 radical (unpaired) electrons. The van der Waals surface area contributed by atoms with Gasteiger partial charge in [-0.15, -0.1) is 11.8 Å². The van der Waals surface area contributed by atoms with Crippen molar-refractivity contribution in [1.29, 1.82) is 0 Å². The number of thioether (sulfide) groups is 1. The molecular formula is C11H19N3S. The van der Waals surface area contributed by atoms with Crippen LogP contribution in [0.5, 0.6) is 0 Å². The normalized spacial score (nSPS) is 12.1. The molecule has 1 aromatic rings. The molecule has 3 nitrogen and oxygen atoms in total. The second kappa shape index (κ2) is 4.39. The van der Waals surface area contributed by atoms with Crippen LogP contribution in [0, 0.1) is 0 Å².